The lowest BCUT2D eigenvalue weighted by atomic mass is 10.1. The highest BCUT2D eigenvalue weighted by atomic mass is 32.2. The molecule has 23 heavy (non-hydrogen) atoms. The molecule has 0 saturated carbocycles. The van der Waals surface area contributed by atoms with Gasteiger partial charge in [0.25, 0.3) is 5.91 Å². The number of ether oxygens (including phenoxy) is 1. The Morgan fingerprint density at radius 1 is 1.22 bits per heavy atom. The second kappa shape index (κ2) is 8.63. The largest absolute Gasteiger partial charge is 0.496 e. The van der Waals surface area contributed by atoms with E-state index in [0.717, 1.165) is 33.9 Å². The van der Waals surface area contributed by atoms with Crippen LogP contribution in [0.2, 0.25) is 0 Å². The van der Waals surface area contributed by atoms with Crippen molar-refractivity contribution in [2.45, 2.75) is 25.2 Å². The summed E-state index contributed by atoms with van der Waals surface area (Å²) in [5, 5.41) is 3.01. The van der Waals surface area contributed by atoms with Crippen molar-refractivity contribution in [1.29, 1.82) is 0 Å². The SMILES string of the molecule is CCSc1ccccc1C(=O)NCCc1cc(C)ccc1OC. The van der Waals surface area contributed by atoms with Gasteiger partial charge in [0.1, 0.15) is 5.75 Å². The molecule has 0 fully saturated rings. The molecule has 0 spiro atoms. The zero-order valence-corrected chi connectivity index (χ0v) is 14.7. The lowest BCUT2D eigenvalue weighted by Gasteiger charge is -2.11. The molecule has 0 unspecified atom stereocenters. The van der Waals surface area contributed by atoms with E-state index in [9.17, 15) is 4.79 Å². The van der Waals surface area contributed by atoms with Crippen molar-refractivity contribution in [1.82, 2.24) is 5.32 Å². The third-order valence-electron chi connectivity index (χ3n) is 3.55. The fraction of sp³-hybridized carbons (Fsp3) is 0.316. The first kappa shape index (κ1) is 17.4. The molecule has 0 aliphatic rings. The number of hydrogen-bond acceptors (Lipinski definition) is 3. The Morgan fingerprint density at radius 3 is 2.74 bits per heavy atom. The van der Waals surface area contributed by atoms with E-state index in [-0.39, 0.29) is 5.91 Å². The lowest BCUT2D eigenvalue weighted by Crippen LogP contribution is -2.26. The van der Waals surface area contributed by atoms with Gasteiger partial charge in [-0.15, -0.1) is 11.8 Å². The summed E-state index contributed by atoms with van der Waals surface area (Å²) >= 11 is 1.69. The van der Waals surface area contributed by atoms with Gasteiger partial charge in [-0.05, 0) is 42.9 Å². The highest BCUT2D eigenvalue weighted by Gasteiger charge is 2.11. The molecule has 0 atom stereocenters. The molecule has 0 radical (unpaired) electrons. The summed E-state index contributed by atoms with van der Waals surface area (Å²) in [5.41, 5.74) is 3.05. The third kappa shape index (κ3) is 4.76. The van der Waals surface area contributed by atoms with Gasteiger partial charge in [-0.25, -0.2) is 0 Å². The van der Waals surface area contributed by atoms with Crippen LogP contribution < -0.4 is 10.1 Å². The van der Waals surface area contributed by atoms with Gasteiger partial charge in [0.15, 0.2) is 0 Å². The van der Waals surface area contributed by atoms with Crippen LogP contribution in [0.5, 0.6) is 5.75 Å². The van der Waals surface area contributed by atoms with Crippen LogP contribution in [0.1, 0.15) is 28.4 Å². The average molecular weight is 329 g/mol. The number of methoxy groups -OCH3 is 1. The fourth-order valence-electron chi connectivity index (χ4n) is 2.44. The quantitative estimate of drug-likeness (QED) is 0.778. The first-order chi connectivity index (χ1) is 11.2. The number of rotatable bonds is 7. The van der Waals surface area contributed by atoms with Crippen molar-refractivity contribution in [3.63, 3.8) is 0 Å². The van der Waals surface area contributed by atoms with Crippen molar-refractivity contribution < 1.29 is 9.53 Å². The molecule has 0 aliphatic carbocycles. The predicted molar refractivity (Wildman–Crippen MR) is 96.6 cm³/mol. The first-order valence-electron chi connectivity index (χ1n) is 7.79. The second-order valence-electron chi connectivity index (χ2n) is 5.25. The van der Waals surface area contributed by atoms with Crippen molar-refractivity contribution >= 4 is 17.7 Å². The van der Waals surface area contributed by atoms with Crippen molar-refractivity contribution in [3.8, 4) is 5.75 Å². The molecule has 1 amide bonds. The molecule has 122 valence electrons. The number of aryl methyl sites for hydroxylation is 1. The number of nitrogens with one attached hydrogen (secondary N) is 1. The topological polar surface area (TPSA) is 38.3 Å². The Labute approximate surface area is 142 Å². The van der Waals surface area contributed by atoms with E-state index in [2.05, 4.69) is 25.2 Å². The Bertz CT molecular complexity index is 670. The number of benzene rings is 2. The minimum Gasteiger partial charge on any atom is -0.496 e. The zero-order chi connectivity index (χ0) is 16.7. The summed E-state index contributed by atoms with van der Waals surface area (Å²) in [6.45, 7) is 4.73. The van der Waals surface area contributed by atoms with Crippen LogP contribution in [0.25, 0.3) is 0 Å². The minimum absolute atomic E-state index is 0.0202. The molecule has 0 bridgehead atoms. The maximum atomic E-state index is 12.4. The van der Waals surface area contributed by atoms with Crippen molar-refractivity contribution in [2.24, 2.45) is 0 Å². The summed E-state index contributed by atoms with van der Waals surface area (Å²) in [5.74, 6) is 1.80. The predicted octanol–water partition coefficient (Wildman–Crippen LogP) is 4.09. The van der Waals surface area contributed by atoms with E-state index in [1.807, 2.05) is 36.4 Å². The number of hydrogen-bond donors (Lipinski definition) is 1. The number of carbonyl (C=O) groups is 1. The summed E-state index contributed by atoms with van der Waals surface area (Å²) in [6.07, 6.45) is 0.750. The van der Waals surface area contributed by atoms with Gasteiger partial charge in [-0.1, -0.05) is 36.8 Å². The summed E-state index contributed by atoms with van der Waals surface area (Å²) in [4.78, 5) is 13.4. The Morgan fingerprint density at radius 2 is 2.00 bits per heavy atom. The number of thioether (sulfide) groups is 1. The summed E-state index contributed by atoms with van der Waals surface area (Å²) in [6, 6.07) is 13.8. The minimum atomic E-state index is -0.0202. The van der Waals surface area contributed by atoms with E-state index in [1.54, 1.807) is 18.9 Å². The van der Waals surface area contributed by atoms with Gasteiger partial charge in [0.2, 0.25) is 0 Å². The van der Waals surface area contributed by atoms with Gasteiger partial charge in [-0.2, -0.15) is 0 Å². The fourth-order valence-corrected chi connectivity index (χ4v) is 3.25. The highest BCUT2D eigenvalue weighted by Crippen LogP contribution is 2.22. The molecule has 2 aromatic rings. The maximum absolute atomic E-state index is 12.4. The molecule has 0 aromatic heterocycles. The van der Waals surface area contributed by atoms with Crippen LogP contribution in [-0.2, 0) is 6.42 Å². The highest BCUT2D eigenvalue weighted by molar-refractivity contribution is 7.99. The molecule has 1 N–H and O–H groups in total. The number of carbonyl (C=O) groups excluding carboxylic acids is 1. The summed E-state index contributed by atoms with van der Waals surface area (Å²) in [7, 11) is 1.67. The average Bonchev–Trinajstić information content (AvgIpc) is 2.56. The standard InChI is InChI=1S/C19H23NO2S/c1-4-23-18-8-6-5-7-16(18)19(21)20-12-11-15-13-14(2)9-10-17(15)22-3/h5-10,13H,4,11-12H2,1-3H3,(H,20,21). The van der Waals surface area contributed by atoms with Crippen molar-refractivity contribution in [2.75, 3.05) is 19.4 Å². The Kier molecular flexibility index (Phi) is 6.53. The van der Waals surface area contributed by atoms with E-state index in [1.165, 1.54) is 5.56 Å². The maximum Gasteiger partial charge on any atom is 0.252 e. The first-order valence-corrected chi connectivity index (χ1v) is 8.77. The molecular formula is C19H23NO2S. The molecule has 0 saturated heterocycles. The normalized spacial score (nSPS) is 10.4. The van der Waals surface area contributed by atoms with Gasteiger partial charge in [0, 0.05) is 11.4 Å². The van der Waals surface area contributed by atoms with Gasteiger partial charge >= 0.3 is 0 Å². The molecular weight excluding hydrogens is 306 g/mol. The van der Waals surface area contributed by atoms with Crippen molar-refractivity contribution in [3.05, 3.63) is 59.2 Å². The lowest BCUT2D eigenvalue weighted by molar-refractivity contribution is 0.0951. The summed E-state index contributed by atoms with van der Waals surface area (Å²) < 4.78 is 5.38. The van der Waals surface area contributed by atoms with E-state index in [0.29, 0.717) is 6.54 Å². The zero-order valence-electron chi connectivity index (χ0n) is 13.9. The molecule has 0 heterocycles. The second-order valence-corrected chi connectivity index (χ2v) is 6.56. The smallest absolute Gasteiger partial charge is 0.252 e. The van der Waals surface area contributed by atoms with Crippen LogP contribution >= 0.6 is 11.8 Å². The van der Waals surface area contributed by atoms with Crippen LogP contribution in [-0.4, -0.2) is 25.3 Å². The Hall–Kier alpha value is -1.94. The third-order valence-corrected chi connectivity index (χ3v) is 4.50. The van der Waals surface area contributed by atoms with Crippen LogP contribution in [0.15, 0.2) is 47.4 Å². The van der Waals surface area contributed by atoms with E-state index < -0.39 is 0 Å². The molecule has 2 aromatic carbocycles. The molecule has 3 nitrogen and oxygen atoms in total. The van der Waals surface area contributed by atoms with Gasteiger partial charge in [0.05, 0.1) is 12.7 Å². The monoisotopic (exact) mass is 329 g/mol. The molecule has 2 rings (SSSR count). The van der Waals surface area contributed by atoms with Crippen LogP contribution in [0.4, 0.5) is 0 Å². The molecule has 4 heteroatoms. The van der Waals surface area contributed by atoms with Gasteiger partial charge in [-0.3, -0.25) is 4.79 Å². The number of amides is 1. The Balaban J connectivity index is 1.99. The van der Waals surface area contributed by atoms with E-state index >= 15 is 0 Å². The van der Waals surface area contributed by atoms with E-state index in [4.69, 9.17) is 4.74 Å². The van der Waals surface area contributed by atoms with Gasteiger partial charge < -0.3 is 10.1 Å². The molecule has 0 aliphatic heterocycles. The van der Waals surface area contributed by atoms with Crippen LogP contribution in [0, 0.1) is 6.92 Å². The van der Waals surface area contributed by atoms with Crippen LogP contribution in [0.3, 0.4) is 0 Å².